The minimum absolute atomic E-state index is 0.153. The van der Waals surface area contributed by atoms with Gasteiger partial charge in [0.2, 0.25) is 5.91 Å². The van der Waals surface area contributed by atoms with Gasteiger partial charge in [-0.2, -0.15) is 0 Å². The van der Waals surface area contributed by atoms with Gasteiger partial charge in [0.25, 0.3) is 0 Å². The van der Waals surface area contributed by atoms with E-state index < -0.39 is 11.1 Å². The first-order chi connectivity index (χ1) is 8.13. The zero-order valence-electron chi connectivity index (χ0n) is 11.4. The number of nitrogen functional groups attached to an aromatic ring is 1. The molecule has 4 nitrogen and oxygen atoms in total. The van der Waals surface area contributed by atoms with E-state index >= 15 is 0 Å². The van der Waals surface area contributed by atoms with Gasteiger partial charge in [0, 0.05) is 5.69 Å². The Labute approximate surface area is 108 Å². The van der Waals surface area contributed by atoms with Crippen LogP contribution in [0.3, 0.4) is 0 Å². The Kier molecular flexibility index (Phi) is 4.02. The molecule has 0 atom stereocenters. The molecule has 100 valence electrons. The zero-order chi connectivity index (χ0) is 14.0. The normalized spacial score (nSPS) is 12.3. The number of amides is 1. The molecule has 0 aliphatic rings. The summed E-state index contributed by atoms with van der Waals surface area (Å²) in [5.74, 6) is -0.153. The molecule has 0 unspecified atom stereocenters. The van der Waals surface area contributed by atoms with E-state index in [1.165, 1.54) is 0 Å². The van der Waals surface area contributed by atoms with Crippen molar-refractivity contribution in [3.63, 3.8) is 0 Å². The Morgan fingerprint density at radius 3 is 2.33 bits per heavy atom. The highest BCUT2D eigenvalue weighted by molar-refractivity contribution is 5.81. The van der Waals surface area contributed by atoms with Crippen molar-refractivity contribution in [1.29, 1.82) is 0 Å². The number of aliphatic hydroxyl groups is 1. The van der Waals surface area contributed by atoms with Crippen molar-refractivity contribution in [2.24, 2.45) is 0 Å². The SMILES string of the molecule is CC(C)(O)C(C)(C)NC(=O)Cc1ccccc1N. The molecule has 4 heteroatoms. The lowest BCUT2D eigenvalue weighted by molar-refractivity contribution is -0.125. The van der Waals surface area contributed by atoms with Crippen molar-refractivity contribution < 1.29 is 9.90 Å². The summed E-state index contributed by atoms with van der Waals surface area (Å²) in [7, 11) is 0. The minimum atomic E-state index is -0.995. The Balaban J connectivity index is 2.72. The van der Waals surface area contributed by atoms with Gasteiger partial charge in [0.05, 0.1) is 17.6 Å². The largest absolute Gasteiger partial charge is 0.398 e. The maximum atomic E-state index is 11.9. The predicted octanol–water partition coefficient (Wildman–Crippen LogP) is 1.48. The van der Waals surface area contributed by atoms with Gasteiger partial charge >= 0.3 is 0 Å². The molecule has 0 aliphatic carbocycles. The highest BCUT2D eigenvalue weighted by Crippen LogP contribution is 2.21. The summed E-state index contributed by atoms with van der Waals surface area (Å²) in [5, 5.41) is 12.8. The smallest absolute Gasteiger partial charge is 0.225 e. The Hall–Kier alpha value is -1.55. The number of anilines is 1. The van der Waals surface area contributed by atoms with Crippen molar-refractivity contribution in [2.75, 3.05) is 5.73 Å². The fourth-order valence-corrected chi connectivity index (χ4v) is 1.41. The number of hydrogen-bond acceptors (Lipinski definition) is 3. The molecule has 0 aromatic heterocycles. The van der Waals surface area contributed by atoms with Gasteiger partial charge in [-0.3, -0.25) is 4.79 Å². The zero-order valence-corrected chi connectivity index (χ0v) is 11.4. The third-order valence-corrected chi connectivity index (χ3v) is 3.39. The summed E-state index contributed by atoms with van der Waals surface area (Å²) in [6.07, 6.45) is 0.214. The molecule has 0 spiro atoms. The van der Waals surface area contributed by atoms with Crippen LogP contribution in [0.4, 0.5) is 5.69 Å². The quantitative estimate of drug-likeness (QED) is 0.708. The van der Waals surface area contributed by atoms with E-state index in [0.717, 1.165) is 5.56 Å². The Morgan fingerprint density at radius 1 is 1.28 bits per heavy atom. The first-order valence-electron chi connectivity index (χ1n) is 6.00. The van der Waals surface area contributed by atoms with Crippen molar-refractivity contribution in [3.8, 4) is 0 Å². The molecule has 0 saturated carbocycles. The molecule has 1 rings (SSSR count). The fourth-order valence-electron chi connectivity index (χ4n) is 1.41. The molecule has 0 bridgehead atoms. The molecule has 0 saturated heterocycles. The van der Waals surface area contributed by atoms with Crippen molar-refractivity contribution in [1.82, 2.24) is 5.32 Å². The Bertz CT molecular complexity index is 434. The number of para-hydroxylation sites is 1. The maximum absolute atomic E-state index is 11.9. The molecule has 1 aromatic rings. The lowest BCUT2D eigenvalue weighted by Gasteiger charge is -2.38. The second-order valence-corrected chi connectivity index (χ2v) is 5.61. The number of benzene rings is 1. The van der Waals surface area contributed by atoms with E-state index in [0.29, 0.717) is 5.69 Å². The molecule has 0 heterocycles. The summed E-state index contributed by atoms with van der Waals surface area (Å²) < 4.78 is 0. The average molecular weight is 250 g/mol. The average Bonchev–Trinajstić information content (AvgIpc) is 2.19. The van der Waals surface area contributed by atoms with Gasteiger partial charge in [0.1, 0.15) is 0 Å². The van der Waals surface area contributed by atoms with Crippen molar-refractivity contribution >= 4 is 11.6 Å². The molecule has 0 fully saturated rings. The van der Waals surface area contributed by atoms with Crippen LogP contribution in [-0.4, -0.2) is 22.2 Å². The van der Waals surface area contributed by atoms with Crippen molar-refractivity contribution in [3.05, 3.63) is 29.8 Å². The molecule has 18 heavy (non-hydrogen) atoms. The number of nitrogens with two attached hydrogens (primary N) is 1. The van der Waals surface area contributed by atoms with E-state index in [4.69, 9.17) is 5.73 Å². The summed E-state index contributed by atoms with van der Waals surface area (Å²) in [5.41, 5.74) is 5.49. The summed E-state index contributed by atoms with van der Waals surface area (Å²) in [4.78, 5) is 11.9. The Morgan fingerprint density at radius 2 is 1.83 bits per heavy atom. The van der Waals surface area contributed by atoms with E-state index in [9.17, 15) is 9.90 Å². The van der Waals surface area contributed by atoms with Crippen LogP contribution in [0.25, 0.3) is 0 Å². The summed E-state index contributed by atoms with van der Waals surface area (Å²) in [6, 6.07) is 7.27. The van der Waals surface area contributed by atoms with E-state index in [1.807, 2.05) is 18.2 Å². The number of rotatable bonds is 4. The summed E-state index contributed by atoms with van der Waals surface area (Å²) >= 11 is 0. The number of nitrogens with one attached hydrogen (secondary N) is 1. The second-order valence-electron chi connectivity index (χ2n) is 5.61. The highest BCUT2D eigenvalue weighted by Gasteiger charge is 2.36. The van der Waals surface area contributed by atoms with Crippen LogP contribution in [0.5, 0.6) is 0 Å². The van der Waals surface area contributed by atoms with Gasteiger partial charge in [-0.05, 0) is 39.3 Å². The molecule has 4 N–H and O–H groups in total. The van der Waals surface area contributed by atoms with E-state index in [-0.39, 0.29) is 12.3 Å². The van der Waals surface area contributed by atoms with Gasteiger partial charge in [-0.1, -0.05) is 18.2 Å². The van der Waals surface area contributed by atoms with Crippen LogP contribution >= 0.6 is 0 Å². The van der Waals surface area contributed by atoms with Gasteiger partial charge in [0.15, 0.2) is 0 Å². The van der Waals surface area contributed by atoms with Crippen LogP contribution in [0.15, 0.2) is 24.3 Å². The monoisotopic (exact) mass is 250 g/mol. The lowest BCUT2D eigenvalue weighted by Crippen LogP contribution is -2.58. The standard InChI is InChI=1S/C14H22N2O2/c1-13(2,14(3,4)18)16-12(17)9-10-7-5-6-8-11(10)15/h5-8,18H,9,15H2,1-4H3,(H,16,17). The number of carbonyl (C=O) groups excluding carboxylic acids is 1. The van der Waals surface area contributed by atoms with Crippen molar-refractivity contribution in [2.45, 2.75) is 45.3 Å². The van der Waals surface area contributed by atoms with Crippen LogP contribution < -0.4 is 11.1 Å². The van der Waals surface area contributed by atoms with E-state index in [2.05, 4.69) is 5.32 Å². The van der Waals surface area contributed by atoms with Crippen LogP contribution in [-0.2, 0) is 11.2 Å². The third-order valence-electron chi connectivity index (χ3n) is 3.39. The molecule has 1 amide bonds. The third kappa shape index (κ3) is 3.47. The molecule has 1 aromatic carbocycles. The van der Waals surface area contributed by atoms with Gasteiger partial charge < -0.3 is 16.2 Å². The fraction of sp³-hybridized carbons (Fsp3) is 0.500. The van der Waals surface area contributed by atoms with Crippen LogP contribution in [0.1, 0.15) is 33.3 Å². The second kappa shape index (κ2) is 4.98. The number of carbonyl (C=O) groups is 1. The van der Waals surface area contributed by atoms with Crippen LogP contribution in [0.2, 0.25) is 0 Å². The molecular formula is C14H22N2O2. The summed E-state index contributed by atoms with van der Waals surface area (Å²) in [6.45, 7) is 6.92. The predicted molar refractivity (Wildman–Crippen MR) is 73.1 cm³/mol. The topological polar surface area (TPSA) is 75.3 Å². The molecule has 0 aliphatic heterocycles. The van der Waals surface area contributed by atoms with Gasteiger partial charge in [-0.25, -0.2) is 0 Å². The van der Waals surface area contributed by atoms with Gasteiger partial charge in [-0.15, -0.1) is 0 Å². The number of hydrogen-bond donors (Lipinski definition) is 3. The minimum Gasteiger partial charge on any atom is -0.398 e. The first kappa shape index (κ1) is 14.5. The van der Waals surface area contributed by atoms with E-state index in [1.54, 1.807) is 33.8 Å². The van der Waals surface area contributed by atoms with Crippen LogP contribution in [0, 0.1) is 0 Å². The maximum Gasteiger partial charge on any atom is 0.225 e. The lowest BCUT2D eigenvalue weighted by atomic mass is 9.86. The molecular weight excluding hydrogens is 228 g/mol. The highest BCUT2D eigenvalue weighted by atomic mass is 16.3. The first-order valence-corrected chi connectivity index (χ1v) is 6.00. The molecule has 0 radical (unpaired) electrons.